The van der Waals surface area contributed by atoms with E-state index in [1.807, 2.05) is 37.3 Å². The molecule has 112 valence electrons. The molecular formula is C18H16O4. The van der Waals surface area contributed by atoms with Gasteiger partial charge in [-0.2, -0.15) is 0 Å². The maximum atomic E-state index is 11.2. The highest BCUT2D eigenvalue weighted by Gasteiger charge is 2.25. The van der Waals surface area contributed by atoms with Gasteiger partial charge in [-0.1, -0.05) is 6.07 Å². The summed E-state index contributed by atoms with van der Waals surface area (Å²) in [4.78, 5) is 11.2. The number of aliphatic carboxylic acids is 1. The van der Waals surface area contributed by atoms with Crippen LogP contribution in [0.5, 0.6) is 5.75 Å². The second-order valence-corrected chi connectivity index (χ2v) is 5.20. The number of fused-ring (bicyclic) bond motifs is 1. The van der Waals surface area contributed by atoms with Crippen LogP contribution in [0.4, 0.5) is 0 Å². The number of rotatable bonds is 4. The monoisotopic (exact) mass is 296 g/mol. The van der Waals surface area contributed by atoms with Gasteiger partial charge in [0, 0.05) is 5.56 Å². The molecule has 0 atom stereocenters. The van der Waals surface area contributed by atoms with Crippen molar-refractivity contribution >= 4 is 23.2 Å². The molecule has 1 N–H and O–H groups in total. The van der Waals surface area contributed by atoms with Gasteiger partial charge in [0.15, 0.2) is 0 Å². The smallest absolute Gasteiger partial charge is 0.307 e. The van der Waals surface area contributed by atoms with Crippen molar-refractivity contribution < 1.29 is 19.1 Å². The van der Waals surface area contributed by atoms with Crippen molar-refractivity contribution in [3.63, 3.8) is 0 Å². The van der Waals surface area contributed by atoms with Crippen molar-refractivity contribution in [2.45, 2.75) is 13.3 Å². The fourth-order valence-corrected chi connectivity index (χ4v) is 2.79. The van der Waals surface area contributed by atoms with E-state index in [1.54, 1.807) is 19.6 Å². The summed E-state index contributed by atoms with van der Waals surface area (Å²) in [6.07, 6.45) is 5.29. The van der Waals surface area contributed by atoms with Crippen LogP contribution in [0.3, 0.4) is 0 Å². The lowest BCUT2D eigenvalue weighted by molar-refractivity contribution is -0.135. The average molecular weight is 296 g/mol. The summed E-state index contributed by atoms with van der Waals surface area (Å²) in [5, 5.41) is 9.19. The molecule has 0 spiro atoms. The van der Waals surface area contributed by atoms with E-state index in [2.05, 4.69) is 0 Å². The maximum absolute atomic E-state index is 11.2. The molecule has 0 amide bonds. The Labute approximate surface area is 128 Å². The fraction of sp³-hybridized carbons (Fsp3) is 0.167. The molecule has 0 radical (unpaired) electrons. The highest BCUT2D eigenvalue weighted by molar-refractivity contribution is 6.07. The van der Waals surface area contributed by atoms with Gasteiger partial charge in [-0.3, -0.25) is 4.79 Å². The van der Waals surface area contributed by atoms with Crippen LogP contribution in [-0.4, -0.2) is 18.2 Å². The summed E-state index contributed by atoms with van der Waals surface area (Å²) in [5.41, 5.74) is 5.73. The van der Waals surface area contributed by atoms with Crippen molar-refractivity contribution in [2.75, 3.05) is 7.11 Å². The molecule has 1 aliphatic carbocycles. The minimum absolute atomic E-state index is 0.00523. The lowest BCUT2D eigenvalue weighted by Crippen LogP contribution is -1.97. The summed E-state index contributed by atoms with van der Waals surface area (Å²) in [7, 11) is 1.60. The van der Waals surface area contributed by atoms with Crippen molar-refractivity contribution in [1.82, 2.24) is 0 Å². The van der Waals surface area contributed by atoms with Gasteiger partial charge < -0.3 is 14.3 Å². The van der Waals surface area contributed by atoms with Crippen LogP contribution in [0.1, 0.15) is 30.0 Å². The van der Waals surface area contributed by atoms with Gasteiger partial charge in [-0.05, 0) is 59.0 Å². The number of methoxy groups -OCH3 is 1. The normalized spacial score (nSPS) is 15.3. The average Bonchev–Trinajstić information content (AvgIpc) is 3.09. The van der Waals surface area contributed by atoms with E-state index in [0.29, 0.717) is 0 Å². The van der Waals surface area contributed by atoms with E-state index in [1.165, 1.54) is 0 Å². The molecule has 1 aliphatic rings. The number of carbonyl (C=O) groups is 1. The summed E-state index contributed by atoms with van der Waals surface area (Å²) in [5.74, 6) is -0.119. The van der Waals surface area contributed by atoms with Crippen molar-refractivity contribution in [3.8, 4) is 5.75 Å². The van der Waals surface area contributed by atoms with Gasteiger partial charge >= 0.3 is 5.97 Å². The topological polar surface area (TPSA) is 59.7 Å². The lowest BCUT2D eigenvalue weighted by Gasteiger charge is -2.07. The third kappa shape index (κ3) is 2.44. The first-order valence-electron chi connectivity index (χ1n) is 6.94. The zero-order chi connectivity index (χ0) is 15.7. The van der Waals surface area contributed by atoms with Gasteiger partial charge in [0.2, 0.25) is 0 Å². The minimum atomic E-state index is -0.840. The molecule has 1 aromatic carbocycles. The third-order valence-corrected chi connectivity index (χ3v) is 3.88. The number of furan rings is 1. The van der Waals surface area contributed by atoms with E-state index < -0.39 is 5.97 Å². The van der Waals surface area contributed by atoms with Crippen molar-refractivity contribution in [1.29, 1.82) is 0 Å². The van der Waals surface area contributed by atoms with Crippen LogP contribution < -0.4 is 4.74 Å². The zero-order valence-electron chi connectivity index (χ0n) is 12.4. The molecule has 22 heavy (non-hydrogen) atoms. The van der Waals surface area contributed by atoms with Crippen LogP contribution in [0, 0.1) is 0 Å². The fourth-order valence-electron chi connectivity index (χ4n) is 2.79. The highest BCUT2D eigenvalue weighted by Crippen LogP contribution is 2.44. The van der Waals surface area contributed by atoms with E-state index in [9.17, 15) is 9.90 Å². The number of benzene rings is 1. The van der Waals surface area contributed by atoms with E-state index in [4.69, 9.17) is 9.15 Å². The molecule has 0 fully saturated rings. The Balaban J connectivity index is 2.17. The van der Waals surface area contributed by atoms with Crippen LogP contribution >= 0.6 is 0 Å². The summed E-state index contributed by atoms with van der Waals surface area (Å²) >= 11 is 0. The number of hydrogen-bond donors (Lipinski definition) is 1. The van der Waals surface area contributed by atoms with E-state index in [0.717, 1.165) is 39.2 Å². The minimum Gasteiger partial charge on any atom is -0.497 e. The molecular weight excluding hydrogens is 280 g/mol. The van der Waals surface area contributed by atoms with Gasteiger partial charge in [0.1, 0.15) is 5.75 Å². The Morgan fingerprint density at radius 1 is 1.32 bits per heavy atom. The molecule has 0 aliphatic heterocycles. The second kappa shape index (κ2) is 5.56. The Hall–Kier alpha value is -2.75. The third-order valence-electron chi connectivity index (χ3n) is 3.88. The molecule has 0 saturated carbocycles. The number of hydrogen-bond acceptors (Lipinski definition) is 3. The maximum Gasteiger partial charge on any atom is 0.307 e. The summed E-state index contributed by atoms with van der Waals surface area (Å²) in [6.45, 7) is 1.96. The number of allylic oxidation sites excluding steroid dienone is 2. The van der Waals surface area contributed by atoms with E-state index >= 15 is 0 Å². The van der Waals surface area contributed by atoms with Crippen molar-refractivity contribution in [2.24, 2.45) is 0 Å². The second-order valence-electron chi connectivity index (χ2n) is 5.20. The molecule has 0 unspecified atom stereocenters. The quantitative estimate of drug-likeness (QED) is 0.923. The van der Waals surface area contributed by atoms with Crippen LogP contribution in [-0.2, 0) is 4.79 Å². The number of ether oxygens (including phenoxy) is 1. The van der Waals surface area contributed by atoms with Crippen molar-refractivity contribution in [3.05, 3.63) is 59.1 Å². The first kappa shape index (κ1) is 14.2. The number of carboxylic acid groups (broad SMARTS) is 1. The van der Waals surface area contributed by atoms with Gasteiger partial charge in [0.25, 0.3) is 0 Å². The Bertz CT molecular complexity index is 779. The molecule has 0 bridgehead atoms. The predicted molar refractivity (Wildman–Crippen MR) is 84.4 cm³/mol. The summed E-state index contributed by atoms with van der Waals surface area (Å²) in [6, 6.07) is 7.63. The zero-order valence-corrected chi connectivity index (χ0v) is 12.4. The molecule has 1 heterocycles. The molecule has 0 saturated heterocycles. The molecule has 4 nitrogen and oxygen atoms in total. The predicted octanol–water partition coefficient (Wildman–Crippen LogP) is 4.09. The van der Waals surface area contributed by atoms with E-state index in [-0.39, 0.29) is 6.42 Å². The van der Waals surface area contributed by atoms with Gasteiger partial charge in [-0.25, -0.2) is 0 Å². The van der Waals surface area contributed by atoms with Crippen LogP contribution in [0.15, 0.2) is 46.8 Å². The molecule has 2 aromatic rings. The Morgan fingerprint density at radius 2 is 2.14 bits per heavy atom. The molecule has 1 aromatic heterocycles. The van der Waals surface area contributed by atoms with Gasteiger partial charge in [0.05, 0.1) is 26.1 Å². The number of carboxylic acids is 1. The molecule has 3 rings (SSSR count). The molecule has 4 heteroatoms. The highest BCUT2D eigenvalue weighted by atomic mass is 16.5. The lowest BCUT2D eigenvalue weighted by atomic mass is 10.0. The van der Waals surface area contributed by atoms with Crippen LogP contribution in [0.2, 0.25) is 0 Å². The SMILES string of the molecule is COc1ccc2c(c1)C(CC(=O)O)=C(C)/C2=C/c1ccoc1. The first-order chi connectivity index (χ1) is 10.6. The largest absolute Gasteiger partial charge is 0.497 e. The Kier molecular flexibility index (Phi) is 3.59. The van der Waals surface area contributed by atoms with Gasteiger partial charge in [-0.15, -0.1) is 0 Å². The Morgan fingerprint density at radius 3 is 2.77 bits per heavy atom. The standard InChI is InChI=1S/C18H16O4/c1-11-15(7-12-5-6-22-10-12)14-4-3-13(21-2)8-17(14)16(11)9-18(19)20/h3-8,10H,9H2,1-2H3,(H,19,20)/b15-7-. The summed E-state index contributed by atoms with van der Waals surface area (Å²) < 4.78 is 10.4. The first-order valence-corrected chi connectivity index (χ1v) is 6.94. The van der Waals surface area contributed by atoms with Crippen LogP contribution in [0.25, 0.3) is 17.2 Å².